The van der Waals surface area contributed by atoms with E-state index >= 15 is 0 Å². The van der Waals surface area contributed by atoms with Crippen LogP contribution in [0.4, 0.5) is 15.3 Å². The minimum atomic E-state index is -1.55. The number of allylic oxidation sites excluding steroid dienone is 1. The lowest BCUT2D eigenvalue weighted by atomic mass is 9.92. The number of anilines is 1. The van der Waals surface area contributed by atoms with E-state index in [1.54, 1.807) is 25.3 Å². The smallest absolute Gasteiger partial charge is 0.337 e. The number of halogens is 1. The van der Waals surface area contributed by atoms with Gasteiger partial charge in [0, 0.05) is 46.5 Å². The molecule has 2 heterocycles. The molecule has 1 aromatic carbocycles. The Morgan fingerprint density at radius 1 is 1.32 bits per heavy atom. The van der Waals surface area contributed by atoms with Crippen molar-refractivity contribution >= 4 is 50.6 Å². The highest BCUT2D eigenvalue weighted by molar-refractivity contribution is 9.10. The van der Waals surface area contributed by atoms with Gasteiger partial charge in [0.15, 0.2) is 10.7 Å². The molecule has 4 amide bonds. The Bertz CT molecular complexity index is 1270. The number of nitriles is 1. The van der Waals surface area contributed by atoms with Crippen LogP contribution in [-0.4, -0.2) is 45.1 Å². The van der Waals surface area contributed by atoms with Crippen molar-refractivity contribution in [2.45, 2.75) is 30.7 Å². The zero-order valence-electron chi connectivity index (χ0n) is 18.4. The number of aromatic nitrogens is 1. The molecule has 2 aromatic rings. The Morgan fingerprint density at radius 3 is 2.74 bits per heavy atom. The molecule has 0 bridgehead atoms. The monoisotopic (exact) mass is 541 g/mol. The normalized spacial score (nSPS) is 18.6. The van der Waals surface area contributed by atoms with E-state index in [1.807, 2.05) is 6.07 Å². The van der Waals surface area contributed by atoms with Gasteiger partial charge in [-0.15, -0.1) is 0 Å². The zero-order chi connectivity index (χ0) is 24.6. The van der Waals surface area contributed by atoms with Crippen molar-refractivity contribution in [2.24, 2.45) is 0 Å². The Hall–Kier alpha value is -3.20. The van der Waals surface area contributed by atoms with E-state index in [1.165, 1.54) is 29.5 Å². The molecule has 9 nitrogen and oxygen atoms in total. The number of urea groups is 2. The van der Waals surface area contributed by atoms with Gasteiger partial charge in [-0.25, -0.2) is 14.5 Å². The summed E-state index contributed by atoms with van der Waals surface area (Å²) in [5, 5.41) is 12.0. The van der Waals surface area contributed by atoms with E-state index in [9.17, 15) is 24.2 Å². The maximum absolute atomic E-state index is 13.9. The van der Waals surface area contributed by atoms with Gasteiger partial charge in [0.05, 0.1) is 23.5 Å². The number of hydrogen-bond donors (Lipinski definition) is 1. The van der Waals surface area contributed by atoms with E-state index < -0.39 is 29.3 Å². The van der Waals surface area contributed by atoms with Crippen molar-refractivity contribution in [1.29, 1.82) is 5.26 Å². The molecule has 4 rings (SSSR count). The number of hydrogen-bond acceptors (Lipinski definition) is 6. The molecular weight excluding hydrogens is 522 g/mol. The molecule has 0 radical (unpaired) electrons. The van der Waals surface area contributed by atoms with Crippen LogP contribution in [0.2, 0.25) is 0 Å². The predicted molar refractivity (Wildman–Crippen MR) is 128 cm³/mol. The quantitative estimate of drug-likeness (QED) is 0.586. The maximum Gasteiger partial charge on any atom is 0.337 e. The molecule has 0 spiro atoms. The summed E-state index contributed by atoms with van der Waals surface area (Å²) in [5.74, 6) is -0.202. The van der Waals surface area contributed by atoms with Crippen molar-refractivity contribution in [2.75, 3.05) is 17.7 Å². The minimum absolute atomic E-state index is 0.177. The fraction of sp³-hybridized carbons (Fsp3) is 0.261. The van der Waals surface area contributed by atoms with Gasteiger partial charge >= 0.3 is 12.1 Å². The van der Waals surface area contributed by atoms with Crippen LogP contribution in [-0.2, 0) is 16.0 Å². The summed E-state index contributed by atoms with van der Waals surface area (Å²) in [5.41, 5.74) is 1.84. The number of benzene rings is 1. The number of rotatable bonds is 4. The van der Waals surface area contributed by atoms with Crippen LogP contribution < -0.4 is 10.2 Å². The Balaban J connectivity index is 2.00. The second-order valence-electron chi connectivity index (χ2n) is 7.69. The highest BCUT2D eigenvalue weighted by Crippen LogP contribution is 2.46. The third-order valence-electron chi connectivity index (χ3n) is 5.64. The number of nitrogens with one attached hydrogen (secondary N) is 1. The standard InChI is InChI=1S/C23H20BrN5O4S/c1-3-27-22(31)29-21(16-5-4-13(10-25)8-19(16)34(2)33)20-17(6-7-18(20)30)28(23(29)32)15-9-14(24)11-26-12-15/h4-5,8-9,11-12,21H,3,6-7H2,1-2H3,(H,27,31). The third kappa shape index (κ3) is 4.09. The second-order valence-corrected chi connectivity index (χ2v) is 9.95. The average molecular weight is 542 g/mol. The first-order valence-electron chi connectivity index (χ1n) is 10.4. The first-order valence-corrected chi connectivity index (χ1v) is 12.8. The Kier molecular flexibility index (Phi) is 6.74. The summed E-state index contributed by atoms with van der Waals surface area (Å²) >= 11 is 1.80. The lowest BCUT2D eigenvalue weighted by molar-refractivity contribution is -0.115. The van der Waals surface area contributed by atoms with Crippen molar-refractivity contribution in [1.82, 2.24) is 15.2 Å². The summed E-state index contributed by atoms with van der Waals surface area (Å²) in [6.07, 6.45) is 4.99. The van der Waals surface area contributed by atoms with Gasteiger partial charge in [0.25, 0.3) is 0 Å². The van der Waals surface area contributed by atoms with E-state index in [2.05, 4.69) is 26.2 Å². The van der Waals surface area contributed by atoms with Crippen LogP contribution in [0, 0.1) is 11.3 Å². The molecule has 1 N–H and O–H groups in total. The predicted octanol–water partition coefficient (Wildman–Crippen LogP) is 3.78. The van der Waals surface area contributed by atoms with Gasteiger partial charge in [-0.05, 0) is 52.6 Å². The fourth-order valence-electron chi connectivity index (χ4n) is 4.27. The minimum Gasteiger partial charge on any atom is -0.612 e. The number of Topliss-reactive ketones (excluding diaryl/α,β-unsaturated/α-hetero) is 1. The molecule has 1 aliphatic carbocycles. The lowest BCUT2D eigenvalue weighted by Gasteiger charge is -2.41. The van der Waals surface area contributed by atoms with Crippen LogP contribution in [0.3, 0.4) is 0 Å². The number of ketones is 1. The van der Waals surface area contributed by atoms with Crippen molar-refractivity contribution in [3.8, 4) is 6.07 Å². The van der Waals surface area contributed by atoms with Gasteiger partial charge in [0.2, 0.25) is 0 Å². The van der Waals surface area contributed by atoms with Crippen LogP contribution in [0.25, 0.3) is 0 Å². The molecule has 0 fully saturated rings. The SMILES string of the molecule is CCNC(=O)N1C(=O)N(c2cncc(Br)c2)C2=C(C(=O)CC2)C1c1ccc(C#N)cc1[S+](C)[O-]. The molecule has 0 saturated carbocycles. The van der Waals surface area contributed by atoms with Gasteiger partial charge in [-0.1, -0.05) is 6.07 Å². The highest BCUT2D eigenvalue weighted by atomic mass is 79.9. The number of carbonyl (C=O) groups is 3. The fourth-order valence-corrected chi connectivity index (χ4v) is 5.43. The van der Waals surface area contributed by atoms with E-state index in [-0.39, 0.29) is 29.2 Å². The van der Waals surface area contributed by atoms with Gasteiger partial charge in [-0.2, -0.15) is 5.26 Å². The molecule has 2 unspecified atom stereocenters. The summed E-state index contributed by atoms with van der Waals surface area (Å²) in [6, 6.07) is 5.83. The number of amides is 4. The number of imide groups is 1. The van der Waals surface area contributed by atoms with Crippen molar-refractivity contribution in [3.63, 3.8) is 0 Å². The first kappa shape index (κ1) is 23.9. The summed E-state index contributed by atoms with van der Waals surface area (Å²) in [7, 11) is 0. The van der Waals surface area contributed by atoms with E-state index in [0.717, 1.165) is 4.90 Å². The summed E-state index contributed by atoms with van der Waals surface area (Å²) < 4.78 is 13.3. The third-order valence-corrected chi connectivity index (χ3v) is 7.05. The molecule has 2 atom stereocenters. The second kappa shape index (κ2) is 9.58. The molecule has 34 heavy (non-hydrogen) atoms. The molecule has 11 heteroatoms. The van der Waals surface area contributed by atoms with Gasteiger partial charge in [0.1, 0.15) is 12.3 Å². The molecule has 1 aromatic heterocycles. The first-order chi connectivity index (χ1) is 16.3. The van der Waals surface area contributed by atoms with E-state index in [0.29, 0.717) is 33.4 Å². The van der Waals surface area contributed by atoms with Crippen LogP contribution in [0.1, 0.15) is 36.9 Å². The topological polar surface area (TPSA) is 129 Å². The van der Waals surface area contributed by atoms with Crippen molar-refractivity contribution < 1.29 is 18.9 Å². The number of carbonyl (C=O) groups excluding carboxylic acids is 3. The zero-order valence-corrected chi connectivity index (χ0v) is 20.8. The molecule has 0 saturated heterocycles. The van der Waals surface area contributed by atoms with Crippen LogP contribution >= 0.6 is 15.9 Å². The number of pyridine rings is 1. The van der Waals surface area contributed by atoms with Gasteiger partial charge in [-0.3, -0.25) is 14.7 Å². The largest absolute Gasteiger partial charge is 0.612 e. The number of nitrogens with zero attached hydrogens (tertiary/aromatic N) is 4. The molecule has 2 aliphatic rings. The van der Waals surface area contributed by atoms with E-state index in [4.69, 9.17) is 0 Å². The molecular formula is C23H20BrN5O4S. The average Bonchev–Trinajstić information content (AvgIpc) is 3.18. The highest BCUT2D eigenvalue weighted by Gasteiger charge is 2.49. The lowest BCUT2D eigenvalue weighted by Crippen LogP contribution is -2.55. The Labute approximate surface area is 207 Å². The summed E-state index contributed by atoms with van der Waals surface area (Å²) in [4.78, 5) is 47.0. The van der Waals surface area contributed by atoms with Crippen molar-refractivity contribution in [3.05, 3.63) is 63.5 Å². The maximum atomic E-state index is 13.9. The van der Waals surface area contributed by atoms with Crippen LogP contribution in [0.5, 0.6) is 0 Å². The van der Waals surface area contributed by atoms with Crippen LogP contribution in [0.15, 0.2) is 57.3 Å². The molecule has 174 valence electrons. The van der Waals surface area contributed by atoms with Gasteiger partial charge < -0.3 is 9.87 Å². The summed E-state index contributed by atoms with van der Waals surface area (Å²) in [6.45, 7) is 1.98. The Morgan fingerprint density at radius 2 is 2.09 bits per heavy atom. The molecule has 1 aliphatic heterocycles.